The second-order valence-corrected chi connectivity index (χ2v) is 4.24. The van der Waals surface area contributed by atoms with E-state index in [0.717, 1.165) is 10.8 Å². The van der Waals surface area contributed by atoms with Crippen molar-refractivity contribution >= 4 is 28.0 Å². The van der Waals surface area contributed by atoms with Gasteiger partial charge in [-0.2, -0.15) is 0 Å². The van der Waals surface area contributed by atoms with E-state index in [0.29, 0.717) is 17.2 Å². The van der Waals surface area contributed by atoms with Gasteiger partial charge in [-0.25, -0.2) is 9.37 Å². The van der Waals surface area contributed by atoms with E-state index in [2.05, 4.69) is 10.3 Å². The normalized spacial score (nSPS) is 10.6. The maximum absolute atomic E-state index is 13.2. The Morgan fingerprint density at radius 2 is 1.89 bits per heavy atom. The van der Waals surface area contributed by atoms with Crippen LogP contribution in [0.15, 0.2) is 54.7 Å². The molecule has 3 nitrogen and oxygen atoms in total. The zero-order valence-electron chi connectivity index (χ0n) is 10.1. The number of nitrogens with zero attached hydrogens (tertiary/aromatic N) is 1. The van der Waals surface area contributed by atoms with E-state index in [4.69, 9.17) is 5.73 Å². The molecule has 0 aliphatic carbocycles. The van der Waals surface area contributed by atoms with E-state index in [1.54, 1.807) is 18.3 Å². The highest BCUT2D eigenvalue weighted by atomic mass is 19.1. The molecule has 19 heavy (non-hydrogen) atoms. The van der Waals surface area contributed by atoms with E-state index in [1.165, 1.54) is 12.1 Å². The minimum Gasteiger partial charge on any atom is -0.398 e. The molecular formula is C15H12FN3. The predicted octanol–water partition coefficient (Wildman–Crippen LogP) is 3.70. The molecule has 0 saturated heterocycles. The molecule has 94 valence electrons. The second kappa shape index (κ2) is 4.57. The Hall–Kier alpha value is -2.62. The third-order valence-electron chi connectivity index (χ3n) is 2.91. The molecule has 3 N–H and O–H groups in total. The highest BCUT2D eigenvalue weighted by Gasteiger charge is 2.06. The van der Waals surface area contributed by atoms with Crippen molar-refractivity contribution in [1.29, 1.82) is 0 Å². The number of nitrogens with two attached hydrogens (primary N) is 1. The standard InChI is InChI=1S/C15H12FN3/c16-11-4-2-5-12(9-11)19-15-14-10(7-8-18-15)3-1-6-13(14)17/h1-9H,17H2,(H,18,19). The number of nitrogen functional groups attached to an aromatic ring is 1. The second-order valence-electron chi connectivity index (χ2n) is 4.24. The number of nitrogens with one attached hydrogen (secondary N) is 1. The predicted molar refractivity (Wildman–Crippen MR) is 75.8 cm³/mol. The van der Waals surface area contributed by atoms with Crippen LogP contribution in [0.4, 0.5) is 21.6 Å². The van der Waals surface area contributed by atoms with Crippen LogP contribution >= 0.6 is 0 Å². The summed E-state index contributed by atoms with van der Waals surface area (Å²) in [6.07, 6.45) is 1.70. The summed E-state index contributed by atoms with van der Waals surface area (Å²) >= 11 is 0. The number of halogens is 1. The molecule has 0 amide bonds. The number of hydrogen-bond acceptors (Lipinski definition) is 3. The Bertz CT molecular complexity index is 735. The van der Waals surface area contributed by atoms with Gasteiger partial charge in [0.25, 0.3) is 0 Å². The summed E-state index contributed by atoms with van der Waals surface area (Å²) in [6, 6.07) is 13.8. The summed E-state index contributed by atoms with van der Waals surface area (Å²) in [5.74, 6) is 0.333. The van der Waals surface area contributed by atoms with Crippen LogP contribution in [0.2, 0.25) is 0 Å². The van der Waals surface area contributed by atoms with Gasteiger partial charge in [-0.3, -0.25) is 0 Å². The number of aromatic nitrogens is 1. The van der Waals surface area contributed by atoms with Gasteiger partial charge in [0, 0.05) is 23.0 Å². The fourth-order valence-electron chi connectivity index (χ4n) is 2.06. The lowest BCUT2D eigenvalue weighted by Gasteiger charge is -2.10. The number of benzene rings is 2. The fourth-order valence-corrected chi connectivity index (χ4v) is 2.06. The van der Waals surface area contributed by atoms with E-state index in [1.807, 2.05) is 24.3 Å². The Labute approximate surface area is 109 Å². The van der Waals surface area contributed by atoms with Crippen LogP contribution in [-0.2, 0) is 0 Å². The van der Waals surface area contributed by atoms with Gasteiger partial charge in [-0.05, 0) is 35.7 Å². The van der Waals surface area contributed by atoms with Gasteiger partial charge >= 0.3 is 0 Å². The van der Waals surface area contributed by atoms with Gasteiger partial charge in [0.1, 0.15) is 11.6 Å². The molecule has 3 aromatic rings. The first-order valence-corrected chi connectivity index (χ1v) is 5.90. The molecule has 0 saturated carbocycles. The number of rotatable bonds is 2. The van der Waals surface area contributed by atoms with E-state index in [9.17, 15) is 4.39 Å². The summed E-state index contributed by atoms with van der Waals surface area (Å²) in [7, 11) is 0. The third-order valence-corrected chi connectivity index (χ3v) is 2.91. The molecule has 0 aliphatic heterocycles. The summed E-state index contributed by atoms with van der Waals surface area (Å²) in [5.41, 5.74) is 7.27. The molecule has 1 aromatic heterocycles. The summed E-state index contributed by atoms with van der Waals surface area (Å²) < 4.78 is 13.2. The van der Waals surface area contributed by atoms with Crippen molar-refractivity contribution in [3.63, 3.8) is 0 Å². The summed E-state index contributed by atoms with van der Waals surface area (Å²) in [4.78, 5) is 4.28. The van der Waals surface area contributed by atoms with Crippen LogP contribution in [0.1, 0.15) is 0 Å². The zero-order valence-corrected chi connectivity index (χ0v) is 10.1. The van der Waals surface area contributed by atoms with Crippen molar-refractivity contribution in [1.82, 2.24) is 4.98 Å². The Morgan fingerprint density at radius 3 is 2.74 bits per heavy atom. The van der Waals surface area contributed by atoms with Gasteiger partial charge in [0.05, 0.1) is 0 Å². The van der Waals surface area contributed by atoms with Gasteiger partial charge in [0.2, 0.25) is 0 Å². The Kier molecular flexibility index (Phi) is 2.76. The lowest BCUT2D eigenvalue weighted by atomic mass is 10.1. The highest BCUT2D eigenvalue weighted by Crippen LogP contribution is 2.28. The SMILES string of the molecule is Nc1cccc2ccnc(Nc3cccc(F)c3)c12. The summed E-state index contributed by atoms with van der Waals surface area (Å²) in [6.45, 7) is 0. The first-order chi connectivity index (χ1) is 9.24. The molecule has 0 atom stereocenters. The lowest BCUT2D eigenvalue weighted by molar-refractivity contribution is 0.628. The molecule has 1 heterocycles. The topological polar surface area (TPSA) is 50.9 Å². The molecule has 0 radical (unpaired) electrons. The minimum absolute atomic E-state index is 0.293. The largest absolute Gasteiger partial charge is 0.398 e. The van der Waals surface area contributed by atoms with Crippen LogP contribution in [0.3, 0.4) is 0 Å². The van der Waals surface area contributed by atoms with Crippen LogP contribution in [0, 0.1) is 5.82 Å². The molecule has 0 spiro atoms. The Morgan fingerprint density at radius 1 is 1.05 bits per heavy atom. The van der Waals surface area contributed by atoms with Crippen molar-refractivity contribution < 1.29 is 4.39 Å². The molecule has 0 bridgehead atoms. The maximum atomic E-state index is 13.2. The highest BCUT2D eigenvalue weighted by molar-refractivity contribution is 6.01. The monoisotopic (exact) mass is 253 g/mol. The van der Waals surface area contributed by atoms with E-state index < -0.39 is 0 Å². The van der Waals surface area contributed by atoms with Gasteiger partial charge in [-0.15, -0.1) is 0 Å². The van der Waals surface area contributed by atoms with Crippen LogP contribution < -0.4 is 11.1 Å². The number of fused-ring (bicyclic) bond motifs is 1. The average molecular weight is 253 g/mol. The average Bonchev–Trinajstić information content (AvgIpc) is 2.39. The molecular weight excluding hydrogens is 241 g/mol. The first-order valence-electron chi connectivity index (χ1n) is 5.90. The zero-order chi connectivity index (χ0) is 13.2. The van der Waals surface area contributed by atoms with Crippen molar-refractivity contribution in [2.45, 2.75) is 0 Å². The van der Waals surface area contributed by atoms with Gasteiger partial charge in [-0.1, -0.05) is 18.2 Å². The van der Waals surface area contributed by atoms with Crippen LogP contribution in [-0.4, -0.2) is 4.98 Å². The number of hydrogen-bond donors (Lipinski definition) is 2. The van der Waals surface area contributed by atoms with E-state index >= 15 is 0 Å². The van der Waals surface area contributed by atoms with Crippen LogP contribution in [0.25, 0.3) is 10.8 Å². The minimum atomic E-state index is -0.293. The smallest absolute Gasteiger partial charge is 0.140 e. The van der Waals surface area contributed by atoms with Crippen molar-refractivity contribution in [3.05, 3.63) is 60.5 Å². The molecule has 2 aromatic carbocycles. The molecule has 3 rings (SSSR count). The molecule has 0 unspecified atom stereocenters. The van der Waals surface area contributed by atoms with Crippen molar-refractivity contribution in [2.75, 3.05) is 11.1 Å². The Balaban J connectivity index is 2.11. The molecule has 4 heteroatoms. The number of anilines is 3. The number of pyridine rings is 1. The van der Waals surface area contributed by atoms with E-state index in [-0.39, 0.29) is 5.82 Å². The quantitative estimate of drug-likeness (QED) is 0.685. The third kappa shape index (κ3) is 2.20. The van der Waals surface area contributed by atoms with Crippen molar-refractivity contribution in [2.24, 2.45) is 0 Å². The maximum Gasteiger partial charge on any atom is 0.140 e. The lowest BCUT2D eigenvalue weighted by Crippen LogP contribution is -1.97. The molecule has 0 fully saturated rings. The van der Waals surface area contributed by atoms with Gasteiger partial charge < -0.3 is 11.1 Å². The van der Waals surface area contributed by atoms with Crippen LogP contribution in [0.5, 0.6) is 0 Å². The summed E-state index contributed by atoms with van der Waals surface area (Å²) in [5, 5.41) is 4.93. The first kappa shape index (κ1) is 11.5. The van der Waals surface area contributed by atoms with Crippen molar-refractivity contribution in [3.8, 4) is 0 Å². The molecule has 0 aliphatic rings. The van der Waals surface area contributed by atoms with Gasteiger partial charge in [0.15, 0.2) is 0 Å². The fraction of sp³-hybridized carbons (Fsp3) is 0.